The monoisotopic (exact) mass is 553 g/mol. The van der Waals surface area contributed by atoms with Crippen LogP contribution in [0.3, 0.4) is 0 Å². The maximum absolute atomic E-state index is 13.6. The summed E-state index contributed by atoms with van der Waals surface area (Å²) < 4.78 is 19.6. The summed E-state index contributed by atoms with van der Waals surface area (Å²) in [6.45, 7) is 3.81. The lowest BCUT2D eigenvalue weighted by Gasteiger charge is -2.27. The van der Waals surface area contributed by atoms with Gasteiger partial charge in [0.1, 0.15) is 22.8 Å². The smallest absolute Gasteiger partial charge is 0.255 e. The Morgan fingerprint density at radius 1 is 0.854 bits per heavy atom. The number of halogens is 1. The summed E-state index contributed by atoms with van der Waals surface area (Å²) in [5, 5.41) is 26.2. The first kappa shape index (κ1) is 27.6. The predicted molar refractivity (Wildman–Crippen MR) is 153 cm³/mol. The first-order chi connectivity index (χ1) is 19.6. The van der Waals surface area contributed by atoms with Gasteiger partial charge >= 0.3 is 0 Å². The fourth-order valence-corrected chi connectivity index (χ4v) is 4.79. The number of nitrogens with zero attached hydrogens (tertiary/aromatic N) is 1. The largest absolute Gasteiger partial charge is 0.455 e. The maximum atomic E-state index is 13.6. The van der Waals surface area contributed by atoms with E-state index in [1.54, 1.807) is 30.3 Å². The number of hydrogen-bond donors (Lipinski definition) is 4. The molecule has 208 valence electrons. The van der Waals surface area contributed by atoms with Crippen molar-refractivity contribution in [3.05, 3.63) is 114 Å². The highest BCUT2D eigenvalue weighted by Gasteiger charge is 2.26. The van der Waals surface area contributed by atoms with Gasteiger partial charge in [0.15, 0.2) is 0 Å². The molecule has 5 aromatic rings. The zero-order chi connectivity index (χ0) is 29.3. The van der Waals surface area contributed by atoms with E-state index in [1.165, 1.54) is 37.4 Å². The average Bonchev–Trinajstić information content (AvgIpc) is 3.35. The summed E-state index contributed by atoms with van der Waals surface area (Å²) in [4.78, 5) is 26.3. The van der Waals surface area contributed by atoms with Crippen LogP contribution < -0.4 is 15.9 Å². The van der Waals surface area contributed by atoms with Crippen molar-refractivity contribution in [3.63, 3.8) is 0 Å². The molecule has 0 spiro atoms. The molecule has 0 saturated carbocycles. The minimum Gasteiger partial charge on any atom is -0.455 e. The summed E-state index contributed by atoms with van der Waals surface area (Å²) in [7, 11) is 1.48. The summed E-state index contributed by atoms with van der Waals surface area (Å²) in [6, 6.07) is 24.7. The number of amides is 2. The Kier molecular flexibility index (Phi) is 7.32. The first-order valence-electron chi connectivity index (χ1n) is 12.8. The zero-order valence-electron chi connectivity index (χ0n) is 22.6. The van der Waals surface area contributed by atoms with E-state index in [-0.39, 0.29) is 33.7 Å². The van der Waals surface area contributed by atoms with Crippen molar-refractivity contribution in [1.82, 2.24) is 10.6 Å². The molecule has 1 aromatic heterocycles. The predicted octanol–water partition coefficient (Wildman–Crippen LogP) is 6.52. The van der Waals surface area contributed by atoms with Crippen molar-refractivity contribution in [2.24, 2.45) is 0 Å². The summed E-state index contributed by atoms with van der Waals surface area (Å²) in [6.07, 6.45) is 0. The number of benzene rings is 4. The molecule has 2 amide bonds. The highest BCUT2D eigenvalue weighted by molar-refractivity contribution is 6.13. The van der Waals surface area contributed by atoms with E-state index in [2.05, 4.69) is 10.6 Å². The van der Waals surface area contributed by atoms with Gasteiger partial charge in [-0.15, -0.1) is 5.23 Å². The number of nitrogens with one attached hydrogen (secondary N) is 2. The fourth-order valence-electron chi connectivity index (χ4n) is 4.79. The van der Waals surface area contributed by atoms with E-state index in [4.69, 9.17) is 4.42 Å². The second-order valence-electron chi connectivity index (χ2n) is 10.1. The van der Waals surface area contributed by atoms with Crippen molar-refractivity contribution in [3.8, 4) is 22.5 Å². The molecule has 0 aliphatic heterocycles. The minimum atomic E-state index is -0.651. The Balaban J connectivity index is 1.61. The third-order valence-electron chi connectivity index (χ3n) is 6.94. The van der Waals surface area contributed by atoms with Crippen LogP contribution in [0.4, 0.5) is 10.1 Å². The fraction of sp³-hybridized carbons (Fsp3) is 0.125. The third-order valence-corrected chi connectivity index (χ3v) is 6.94. The van der Waals surface area contributed by atoms with Gasteiger partial charge < -0.3 is 15.1 Å². The van der Waals surface area contributed by atoms with Crippen LogP contribution in [-0.4, -0.2) is 29.3 Å². The molecule has 5 rings (SSSR count). The van der Waals surface area contributed by atoms with E-state index >= 15 is 0 Å². The number of hydrogen-bond acceptors (Lipinski definition) is 6. The lowest BCUT2D eigenvalue weighted by atomic mass is 9.93. The molecule has 0 unspecified atom stereocenters. The standard InChI is InChI=1S/C32H28FN3O5/c1-32(2,22-10-5-4-6-11-22)35-30(37)21-9-7-8-20(16-21)24-17-25-27(18-26(24)36(39)40)41-29(28(25)31(38)34-3)19-12-14-23(33)15-13-19/h4-18,39-40H,1-3H3,(H,34,38)(H,35,37). The van der Waals surface area contributed by atoms with E-state index in [9.17, 15) is 24.4 Å². The maximum Gasteiger partial charge on any atom is 0.255 e. The van der Waals surface area contributed by atoms with Crippen LogP contribution in [0.15, 0.2) is 95.4 Å². The molecule has 0 bridgehead atoms. The number of anilines is 1. The van der Waals surface area contributed by atoms with Crippen molar-refractivity contribution < 1.29 is 28.8 Å². The van der Waals surface area contributed by atoms with Gasteiger partial charge in [-0.1, -0.05) is 42.5 Å². The van der Waals surface area contributed by atoms with Crippen LogP contribution in [-0.2, 0) is 5.54 Å². The highest BCUT2D eigenvalue weighted by Crippen LogP contribution is 2.40. The molecule has 0 radical (unpaired) electrons. The molecule has 0 aliphatic rings. The Labute approximate surface area is 235 Å². The summed E-state index contributed by atoms with van der Waals surface area (Å²) in [5.41, 5.74) is 2.29. The van der Waals surface area contributed by atoms with Gasteiger partial charge in [-0.05, 0) is 67.4 Å². The Morgan fingerprint density at radius 2 is 1.56 bits per heavy atom. The van der Waals surface area contributed by atoms with Gasteiger partial charge in [-0.3, -0.25) is 20.0 Å². The van der Waals surface area contributed by atoms with Crippen molar-refractivity contribution in [1.29, 1.82) is 0 Å². The normalized spacial score (nSPS) is 11.4. The zero-order valence-corrected chi connectivity index (χ0v) is 22.6. The first-order valence-corrected chi connectivity index (χ1v) is 12.8. The van der Waals surface area contributed by atoms with Gasteiger partial charge in [0.05, 0.1) is 11.1 Å². The SMILES string of the molecule is CNC(=O)c1c(-c2ccc(F)cc2)oc2cc(N(O)O)c(-c3cccc(C(=O)NC(C)(C)c4ccccc4)c3)cc12. The van der Waals surface area contributed by atoms with Gasteiger partial charge in [0.2, 0.25) is 0 Å². The lowest BCUT2D eigenvalue weighted by Crippen LogP contribution is -2.40. The van der Waals surface area contributed by atoms with Gasteiger partial charge in [-0.25, -0.2) is 4.39 Å². The molecule has 0 atom stereocenters. The quantitative estimate of drug-likeness (QED) is 0.171. The number of carbonyl (C=O) groups is 2. The van der Waals surface area contributed by atoms with Crippen LogP contribution in [0.25, 0.3) is 33.4 Å². The lowest BCUT2D eigenvalue weighted by molar-refractivity contribution is 0.0295. The van der Waals surface area contributed by atoms with Crippen LogP contribution in [0.2, 0.25) is 0 Å². The topological polar surface area (TPSA) is 115 Å². The average molecular weight is 554 g/mol. The number of rotatable bonds is 7. The molecule has 41 heavy (non-hydrogen) atoms. The molecule has 1 heterocycles. The minimum absolute atomic E-state index is 0.0393. The Morgan fingerprint density at radius 3 is 2.22 bits per heavy atom. The Bertz CT molecular complexity index is 1750. The molecule has 0 fully saturated rings. The van der Waals surface area contributed by atoms with Crippen LogP contribution in [0.5, 0.6) is 0 Å². The third kappa shape index (κ3) is 5.41. The number of fused-ring (bicyclic) bond motifs is 1. The van der Waals surface area contributed by atoms with Gasteiger partial charge in [0.25, 0.3) is 11.8 Å². The molecule has 0 saturated heterocycles. The van der Waals surface area contributed by atoms with Crippen molar-refractivity contribution >= 4 is 28.5 Å². The molecule has 9 heteroatoms. The van der Waals surface area contributed by atoms with Crippen LogP contribution in [0, 0.1) is 5.82 Å². The summed E-state index contributed by atoms with van der Waals surface area (Å²) in [5.74, 6) is -1.01. The molecular formula is C32H28FN3O5. The van der Waals surface area contributed by atoms with Gasteiger partial charge in [0, 0.05) is 35.2 Å². The molecule has 4 N–H and O–H groups in total. The number of furan rings is 1. The van der Waals surface area contributed by atoms with E-state index in [0.717, 1.165) is 5.56 Å². The van der Waals surface area contributed by atoms with Crippen molar-refractivity contribution in [2.75, 3.05) is 12.3 Å². The van der Waals surface area contributed by atoms with Crippen molar-refractivity contribution in [2.45, 2.75) is 19.4 Å². The van der Waals surface area contributed by atoms with Gasteiger partial charge in [-0.2, -0.15) is 0 Å². The van der Waals surface area contributed by atoms with E-state index in [1.807, 2.05) is 44.2 Å². The Hall–Kier alpha value is -4.99. The number of carbonyl (C=O) groups excluding carboxylic acids is 2. The highest BCUT2D eigenvalue weighted by atomic mass is 19.1. The molecule has 0 aliphatic carbocycles. The molecule has 4 aromatic carbocycles. The molecular weight excluding hydrogens is 525 g/mol. The molecule has 8 nitrogen and oxygen atoms in total. The second-order valence-corrected chi connectivity index (χ2v) is 10.1. The summed E-state index contributed by atoms with van der Waals surface area (Å²) >= 11 is 0. The van der Waals surface area contributed by atoms with Crippen LogP contribution in [0.1, 0.15) is 40.1 Å². The van der Waals surface area contributed by atoms with E-state index < -0.39 is 17.3 Å². The second kappa shape index (κ2) is 10.9. The van der Waals surface area contributed by atoms with Crippen LogP contribution >= 0.6 is 0 Å². The van der Waals surface area contributed by atoms with E-state index in [0.29, 0.717) is 27.6 Å².